The van der Waals surface area contributed by atoms with Crippen molar-refractivity contribution >= 4 is 29.9 Å². The molecule has 1 aliphatic heterocycles. The first kappa shape index (κ1) is 22.4. The minimum Gasteiger partial charge on any atom is -0.385 e. The average molecular weight is 491 g/mol. The molecule has 1 aromatic rings. The molecule has 1 saturated carbocycles. The number of aromatic nitrogens is 3. The van der Waals surface area contributed by atoms with Gasteiger partial charge in [0.15, 0.2) is 11.8 Å². The van der Waals surface area contributed by atoms with E-state index in [1.165, 1.54) is 38.8 Å². The Morgan fingerprint density at radius 2 is 1.96 bits per heavy atom. The fraction of sp³-hybridized carbons (Fsp3) is 0.833. The summed E-state index contributed by atoms with van der Waals surface area (Å²) in [5, 5.41) is 15.4. The maximum Gasteiger partial charge on any atom is 0.191 e. The number of nitrogens with one attached hydrogen (secondary N) is 2. The van der Waals surface area contributed by atoms with Crippen molar-refractivity contribution in [2.24, 2.45) is 12.0 Å². The lowest BCUT2D eigenvalue weighted by atomic mass is 10.1. The summed E-state index contributed by atoms with van der Waals surface area (Å²) in [5.74, 6) is 2.65. The lowest BCUT2D eigenvalue weighted by Gasteiger charge is -2.33. The van der Waals surface area contributed by atoms with Crippen LogP contribution in [0.4, 0.5) is 0 Å². The first-order chi connectivity index (χ1) is 12.7. The molecule has 3 rings (SSSR count). The fourth-order valence-electron chi connectivity index (χ4n) is 3.36. The summed E-state index contributed by atoms with van der Waals surface area (Å²) in [6.45, 7) is 6.47. The maximum atomic E-state index is 5.13. The van der Waals surface area contributed by atoms with Crippen LogP contribution in [0.1, 0.15) is 43.8 Å². The van der Waals surface area contributed by atoms with Gasteiger partial charge in [-0.05, 0) is 39.0 Å². The molecule has 2 heterocycles. The van der Waals surface area contributed by atoms with E-state index >= 15 is 0 Å². The van der Waals surface area contributed by atoms with E-state index in [0.29, 0.717) is 12.6 Å². The van der Waals surface area contributed by atoms with Gasteiger partial charge in [-0.15, -0.1) is 34.2 Å². The van der Waals surface area contributed by atoms with E-state index in [1.54, 1.807) is 7.11 Å². The van der Waals surface area contributed by atoms with Gasteiger partial charge in [0, 0.05) is 52.5 Å². The number of guanidine groups is 1. The van der Waals surface area contributed by atoms with Crippen LogP contribution < -0.4 is 10.6 Å². The van der Waals surface area contributed by atoms with Crippen LogP contribution in [0, 0.1) is 6.92 Å². The van der Waals surface area contributed by atoms with Gasteiger partial charge in [0.05, 0.1) is 0 Å². The molecular weight excluding hydrogens is 457 g/mol. The van der Waals surface area contributed by atoms with E-state index in [1.807, 2.05) is 18.5 Å². The number of rotatable bonds is 8. The van der Waals surface area contributed by atoms with E-state index in [-0.39, 0.29) is 24.0 Å². The molecule has 0 atom stereocenters. The molecule has 0 aromatic carbocycles. The lowest BCUT2D eigenvalue weighted by molar-refractivity contribution is 0.194. The second-order valence-electron chi connectivity index (χ2n) is 7.35. The summed E-state index contributed by atoms with van der Waals surface area (Å²) in [7, 11) is 3.71. The van der Waals surface area contributed by atoms with Crippen LogP contribution in [0.5, 0.6) is 0 Å². The third kappa shape index (κ3) is 6.86. The molecular formula is C18H34IN7O. The molecule has 1 saturated heterocycles. The first-order valence-corrected chi connectivity index (χ1v) is 9.80. The quantitative estimate of drug-likeness (QED) is 0.248. The molecule has 8 nitrogen and oxygen atoms in total. The molecule has 0 amide bonds. The minimum absolute atomic E-state index is 0. The van der Waals surface area contributed by atoms with Gasteiger partial charge in [-0.1, -0.05) is 0 Å². The van der Waals surface area contributed by atoms with Gasteiger partial charge in [-0.25, -0.2) is 4.99 Å². The first-order valence-electron chi connectivity index (χ1n) is 9.80. The molecule has 2 fully saturated rings. The van der Waals surface area contributed by atoms with Gasteiger partial charge in [0.1, 0.15) is 12.4 Å². The number of likely N-dealkylation sites (tertiary alicyclic amines) is 1. The topological polar surface area (TPSA) is 79.6 Å². The average Bonchev–Trinajstić information content (AvgIpc) is 3.45. The molecule has 0 spiro atoms. The zero-order valence-corrected chi connectivity index (χ0v) is 19.1. The van der Waals surface area contributed by atoms with E-state index in [0.717, 1.165) is 43.2 Å². The zero-order chi connectivity index (χ0) is 18.4. The van der Waals surface area contributed by atoms with Crippen molar-refractivity contribution < 1.29 is 4.74 Å². The molecule has 27 heavy (non-hydrogen) atoms. The normalized spacial score (nSPS) is 19.0. The van der Waals surface area contributed by atoms with E-state index in [2.05, 4.69) is 25.7 Å². The number of aliphatic imine (C=N–C) groups is 1. The Balaban J connectivity index is 0.00000261. The van der Waals surface area contributed by atoms with Crippen molar-refractivity contribution in [3.05, 3.63) is 11.6 Å². The van der Waals surface area contributed by atoms with Crippen molar-refractivity contribution in [1.29, 1.82) is 0 Å². The SMILES string of the molecule is COCCCNC(=NCc1nnc(C)n1C)NC1CCN(C2CC2)CC1.I. The molecule has 0 unspecified atom stereocenters. The molecule has 2 N–H and O–H groups in total. The summed E-state index contributed by atoms with van der Waals surface area (Å²) < 4.78 is 7.12. The van der Waals surface area contributed by atoms with E-state index in [4.69, 9.17) is 9.73 Å². The fourth-order valence-corrected chi connectivity index (χ4v) is 3.36. The second kappa shape index (κ2) is 11.2. The summed E-state index contributed by atoms with van der Waals surface area (Å²) in [4.78, 5) is 7.39. The zero-order valence-electron chi connectivity index (χ0n) is 16.8. The van der Waals surface area contributed by atoms with Crippen molar-refractivity contribution in [3.8, 4) is 0 Å². The molecule has 0 radical (unpaired) electrons. The Bertz CT molecular complexity index is 595. The predicted octanol–water partition coefficient (Wildman–Crippen LogP) is 1.44. The third-order valence-corrected chi connectivity index (χ3v) is 5.31. The molecule has 0 bridgehead atoms. The predicted molar refractivity (Wildman–Crippen MR) is 118 cm³/mol. The molecule has 1 aromatic heterocycles. The number of piperidine rings is 1. The summed E-state index contributed by atoms with van der Waals surface area (Å²) >= 11 is 0. The van der Waals surface area contributed by atoms with Gasteiger partial charge in [0.25, 0.3) is 0 Å². The third-order valence-electron chi connectivity index (χ3n) is 5.31. The Morgan fingerprint density at radius 1 is 1.22 bits per heavy atom. The standard InChI is InChI=1S/C18H33N7O.HI/c1-14-22-23-17(24(14)2)13-20-18(19-9-4-12-26-3)21-15-7-10-25(11-8-15)16-5-6-16;/h15-16H,4-13H2,1-3H3,(H2,19,20,21);1H. The van der Waals surface area contributed by atoms with Crippen LogP contribution in [-0.2, 0) is 18.3 Å². The van der Waals surface area contributed by atoms with Crippen molar-refractivity contribution in [2.75, 3.05) is 33.4 Å². The number of ether oxygens (including phenoxy) is 1. The van der Waals surface area contributed by atoms with Crippen LogP contribution in [0.3, 0.4) is 0 Å². The highest BCUT2D eigenvalue weighted by molar-refractivity contribution is 14.0. The smallest absolute Gasteiger partial charge is 0.191 e. The van der Waals surface area contributed by atoms with E-state index < -0.39 is 0 Å². The van der Waals surface area contributed by atoms with Crippen LogP contribution in [-0.4, -0.2) is 71.1 Å². The molecule has 1 aliphatic carbocycles. The lowest BCUT2D eigenvalue weighted by Crippen LogP contribution is -2.49. The Labute approximate surface area is 179 Å². The van der Waals surface area contributed by atoms with Crippen LogP contribution >= 0.6 is 24.0 Å². The molecule has 9 heteroatoms. The van der Waals surface area contributed by atoms with Crippen LogP contribution in [0.15, 0.2) is 4.99 Å². The number of nitrogens with zero attached hydrogens (tertiary/aromatic N) is 5. The second-order valence-corrected chi connectivity index (χ2v) is 7.35. The number of halogens is 1. The Hall–Kier alpha value is -0.940. The van der Waals surface area contributed by atoms with Gasteiger partial charge in [-0.3, -0.25) is 0 Å². The monoisotopic (exact) mass is 491 g/mol. The van der Waals surface area contributed by atoms with Crippen molar-refractivity contribution in [3.63, 3.8) is 0 Å². The summed E-state index contributed by atoms with van der Waals surface area (Å²) in [6.07, 6.45) is 6.10. The maximum absolute atomic E-state index is 5.13. The van der Waals surface area contributed by atoms with Gasteiger partial charge >= 0.3 is 0 Å². The van der Waals surface area contributed by atoms with Gasteiger partial charge < -0.3 is 24.8 Å². The number of hydrogen-bond acceptors (Lipinski definition) is 5. The summed E-state index contributed by atoms with van der Waals surface area (Å²) in [5.41, 5.74) is 0. The highest BCUT2D eigenvalue weighted by Crippen LogP contribution is 2.29. The van der Waals surface area contributed by atoms with Crippen LogP contribution in [0.25, 0.3) is 0 Å². The van der Waals surface area contributed by atoms with Crippen molar-refractivity contribution in [2.45, 2.75) is 57.7 Å². The van der Waals surface area contributed by atoms with Crippen molar-refractivity contribution in [1.82, 2.24) is 30.3 Å². The highest BCUT2D eigenvalue weighted by atomic mass is 127. The Morgan fingerprint density at radius 3 is 2.56 bits per heavy atom. The van der Waals surface area contributed by atoms with Gasteiger partial charge in [0.2, 0.25) is 0 Å². The van der Waals surface area contributed by atoms with Gasteiger partial charge in [-0.2, -0.15) is 0 Å². The Kier molecular flexibility index (Phi) is 9.24. The summed E-state index contributed by atoms with van der Waals surface area (Å²) in [6, 6.07) is 1.36. The van der Waals surface area contributed by atoms with E-state index in [9.17, 15) is 0 Å². The number of aryl methyl sites for hydroxylation is 1. The minimum atomic E-state index is 0. The largest absolute Gasteiger partial charge is 0.385 e. The number of methoxy groups -OCH3 is 1. The molecule has 2 aliphatic rings. The highest BCUT2D eigenvalue weighted by Gasteiger charge is 2.31. The van der Waals surface area contributed by atoms with Crippen LogP contribution in [0.2, 0.25) is 0 Å². The number of hydrogen-bond donors (Lipinski definition) is 2. The molecule has 154 valence electrons.